The fourth-order valence-corrected chi connectivity index (χ4v) is 6.19. The molecular formula is C28H23ClF3N3O6S. The maximum Gasteiger partial charge on any atom is 0.412 e. The largest absolute Gasteiger partial charge is 0.465 e. The van der Waals surface area contributed by atoms with Crippen molar-refractivity contribution in [3.05, 3.63) is 85.8 Å². The van der Waals surface area contributed by atoms with Gasteiger partial charge in [0.15, 0.2) is 11.4 Å². The van der Waals surface area contributed by atoms with Crippen molar-refractivity contribution in [3.63, 3.8) is 0 Å². The van der Waals surface area contributed by atoms with Crippen LogP contribution >= 0.6 is 22.9 Å². The van der Waals surface area contributed by atoms with Crippen molar-refractivity contribution in [1.29, 1.82) is 0 Å². The predicted molar refractivity (Wildman–Crippen MR) is 146 cm³/mol. The van der Waals surface area contributed by atoms with Gasteiger partial charge in [0.25, 0.3) is 5.91 Å². The Balaban J connectivity index is 1.45. The van der Waals surface area contributed by atoms with Gasteiger partial charge in [-0.1, -0.05) is 23.7 Å². The van der Waals surface area contributed by atoms with Crippen LogP contribution < -0.4 is 10.6 Å². The maximum absolute atomic E-state index is 15.3. The number of carbonyl (C=O) groups excluding carboxylic acids is 4. The molecule has 3 aromatic rings. The number of rotatable bonds is 6. The summed E-state index contributed by atoms with van der Waals surface area (Å²) in [5.74, 6) is -4.64. The summed E-state index contributed by atoms with van der Waals surface area (Å²) < 4.78 is 53.3. The van der Waals surface area contributed by atoms with Gasteiger partial charge in [0, 0.05) is 13.0 Å². The number of benzene rings is 2. The van der Waals surface area contributed by atoms with Gasteiger partial charge in [0.2, 0.25) is 5.91 Å². The van der Waals surface area contributed by atoms with Crippen LogP contribution in [0, 0.1) is 17.5 Å². The van der Waals surface area contributed by atoms with E-state index in [0.29, 0.717) is 23.3 Å². The highest BCUT2D eigenvalue weighted by atomic mass is 35.5. The second-order valence-corrected chi connectivity index (χ2v) is 11.3. The fraction of sp³-hybridized carbons (Fsp3) is 0.286. The standard InChI is InChI=1S/C28H23ClF3N3O6S/c1-40-26(38)23-17(31)12-20(42-23)24(36)33-19(11-14-3-5-15(30)6-4-14)25(37)35-10-2-9-28(13-35)21-18(34-27(39)41-28)8-7-16(29)22(21)32/h3-8,12,19H,2,9-11,13H2,1H3,(H,33,36)(H,34,39)/t19-,28?/m0/s1. The zero-order valence-corrected chi connectivity index (χ0v) is 23.5. The number of hydrogen-bond acceptors (Lipinski definition) is 7. The minimum atomic E-state index is -1.54. The van der Waals surface area contributed by atoms with Gasteiger partial charge in [-0.25, -0.2) is 22.8 Å². The molecule has 0 bridgehead atoms. The lowest BCUT2D eigenvalue weighted by molar-refractivity contribution is -0.141. The number of halogens is 4. The average molecular weight is 622 g/mol. The Morgan fingerprint density at radius 3 is 2.64 bits per heavy atom. The molecule has 2 aliphatic rings. The van der Waals surface area contributed by atoms with Crippen molar-refractivity contribution in [2.45, 2.75) is 30.9 Å². The first-order chi connectivity index (χ1) is 20.0. The molecular weight excluding hydrogens is 599 g/mol. The minimum Gasteiger partial charge on any atom is -0.465 e. The van der Waals surface area contributed by atoms with E-state index in [-0.39, 0.29) is 47.1 Å². The summed E-state index contributed by atoms with van der Waals surface area (Å²) in [6, 6.07) is 7.65. The SMILES string of the molecule is COC(=O)c1sc(C(=O)N[C@@H](Cc2ccc(F)cc2)C(=O)N2CCCC3(C2)OC(=O)Nc2ccc(Cl)c(F)c23)cc1F. The van der Waals surface area contributed by atoms with Crippen molar-refractivity contribution < 1.29 is 41.8 Å². The van der Waals surface area contributed by atoms with Gasteiger partial charge in [-0.05, 0) is 48.7 Å². The van der Waals surface area contributed by atoms with Gasteiger partial charge < -0.3 is 19.7 Å². The van der Waals surface area contributed by atoms with Gasteiger partial charge >= 0.3 is 12.1 Å². The first-order valence-electron chi connectivity index (χ1n) is 12.7. The molecule has 1 unspecified atom stereocenters. The highest BCUT2D eigenvalue weighted by Gasteiger charge is 2.49. The maximum atomic E-state index is 15.3. The summed E-state index contributed by atoms with van der Waals surface area (Å²) in [6.45, 7) is -0.0432. The molecule has 0 saturated carbocycles. The topological polar surface area (TPSA) is 114 Å². The molecule has 1 spiro atoms. The zero-order chi connectivity index (χ0) is 30.2. The number of fused-ring (bicyclic) bond motifs is 2. The first-order valence-corrected chi connectivity index (χ1v) is 13.9. The molecule has 220 valence electrons. The third-order valence-corrected chi connectivity index (χ3v) is 8.46. The van der Waals surface area contributed by atoms with Crippen molar-refractivity contribution >= 4 is 52.5 Å². The van der Waals surface area contributed by atoms with E-state index in [4.69, 9.17) is 16.3 Å². The molecule has 0 radical (unpaired) electrons. The molecule has 3 amide bonds. The molecule has 2 aromatic carbocycles. The molecule has 14 heteroatoms. The Hall–Kier alpha value is -4.10. The molecule has 9 nitrogen and oxygen atoms in total. The van der Waals surface area contributed by atoms with Crippen LogP contribution in [0.2, 0.25) is 5.02 Å². The quantitative estimate of drug-likeness (QED) is 0.374. The van der Waals surface area contributed by atoms with Crippen LogP contribution in [-0.4, -0.2) is 55.0 Å². The van der Waals surface area contributed by atoms with Crippen LogP contribution in [-0.2, 0) is 26.3 Å². The van der Waals surface area contributed by atoms with Crippen molar-refractivity contribution in [2.24, 2.45) is 0 Å². The summed E-state index contributed by atoms with van der Waals surface area (Å²) in [6.07, 6.45) is -0.380. The monoisotopic (exact) mass is 621 g/mol. The number of piperidine rings is 1. The van der Waals surface area contributed by atoms with E-state index in [0.717, 1.165) is 13.2 Å². The van der Waals surface area contributed by atoms with Crippen LogP contribution in [0.5, 0.6) is 0 Å². The summed E-state index contributed by atoms with van der Waals surface area (Å²) in [4.78, 5) is 52.1. The number of esters is 1. The zero-order valence-electron chi connectivity index (χ0n) is 22.0. The Bertz CT molecular complexity index is 1580. The number of nitrogens with one attached hydrogen (secondary N) is 2. The van der Waals surface area contributed by atoms with Crippen molar-refractivity contribution in [3.8, 4) is 0 Å². The van der Waals surface area contributed by atoms with Gasteiger partial charge in [-0.15, -0.1) is 11.3 Å². The van der Waals surface area contributed by atoms with Gasteiger partial charge in [-0.3, -0.25) is 14.9 Å². The third kappa shape index (κ3) is 5.66. The second-order valence-electron chi connectivity index (χ2n) is 9.79. The van der Waals surface area contributed by atoms with Gasteiger partial charge in [0.1, 0.15) is 22.6 Å². The molecule has 5 rings (SSSR count). The summed E-state index contributed by atoms with van der Waals surface area (Å²) in [5, 5.41) is 4.85. The first kappa shape index (κ1) is 29.4. The van der Waals surface area contributed by atoms with Gasteiger partial charge in [0.05, 0.1) is 34.8 Å². The Morgan fingerprint density at radius 1 is 1.19 bits per heavy atom. The number of thiophene rings is 1. The summed E-state index contributed by atoms with van der Waals surface area (Å²) in [5.41, 5.74) is -0.863. The predicted octanol–water partition coefficient (Wildman–Crippen LogP) is 5.03. The van der Waals surface area contributed by atoms with Crippen molar-refractivity contribution in [1.82, 2.24) is 10.2 Å². The van der Waals surface area contributed by atoms with Crippen LogP contribution in [0.3, 0.4) is 0 Å². The lowest BCUT2D eigenvalue weighted by Gasteiger charge is -2.45. The Labute approximate surface area is 246 Å². The third-order valence-electron chi connectivity index (χ3n) is 7.08. The number of anilines is 1. The second kappa shape index (κ2) is 11.6. The van der Waals surface area contributed by atoms with Gasteiger partial charge in [-0.2, -0.15) is 0 Å². The molecule has 2 atom stereocenters. The van der Waals surface area contributed by atoms with E-state index < -0.39 is 57.8 Å². The van der Waals surface area contributed by atoms with E-state index in [1.54, 1.807) is 0 Å². The molecule has 2 N–H and O–H groups in total. The molecule has 1 fully saturated rings. The van der Waals surface area contributed by atoms with Crippen LogP contribution in [0.15, 0.2) is 42.5 Å². The Kier molecular flexibility index (Phi) is 8.15. The van der Waals surface area contributed by atoms with E-state index >= 15 is 4.39 Å². The lowest BCUT2D eigenvalue weighted by Crippen LogP contribution is -2.57. The van der Waals surface area contributed by atoms with E-state index in [9.17, 15) is 28.0 Å². The Morgan fingerprint density at radius 2 is 1.93 bits per heavy atom. The highest BCUT2D eigenvalue weighted by Crippen LogP contribution is 2.45. The van der Waals surface area contributed by atoms with Crippen molar-refractivity contribution in [2.75, 3.05) is 25.5 Å². The molecule has 1 saturated heterocycles. The van der Waals surface area contributed by atoms with Crippen LogP contribution in [0.25, 0.3) is 0 Å². The number of carbonyl (C=O) groups is 4. The highest BCUT2D eigenvalue weighted by molar-refractivity contribution is 7.15. The molecule has 3 heterocycles. The van der Waals surface area contributed by atoms with Crippen LogP contribution in [0.1, 0.15) is 43.3 Å². The number of ether oxygens (including phenoxy) is 2. The van der Waals surface area contributed by atoms with Crippen LogP contribution in [0.4, 0.5) is 23.7 Å². The molecule has 2 aliphatic heterocycles. The number of hydrogen-bond donors (Lipinski definition) is 2. The smallest absolute Gasteiger partial charge is 0.412 e. The average Bonchev–Trinajstić information content (AvgIpc) is 3.36. The summed E-state index contributed by atoms with van der Waals surface area (Å²) in [7, 11) is 1.07. The lowest BCUT2D eigenvalue weighted by atomic mass is 9.82. The molecule has 1 aromatic heterocycles. The number of amides is 3. The van der Waals surface area contributed by atoms with E-state index in [1.807, 2.05) is 0 Å². The minimum absolute atomic E-state index is 0.00983. The number of methoxy groups -OCH3 is 1. The van der Waals surface area contributed by atoms with E-state index in [1.165, 1.54) is 41.3 Å². The fourth-order valence-electron chi connectivity index (χ4n) is 5.18. The molecule has 42 heavy (non-hydrogen) atoms. The molecule has 0 aliphatic carbocycles. The number of likely N-dealkylation sites (tertiary alicyclic amines) is 1. The summed E-state index contributed by atoms with van der Waals surface area (Å²) >= 11 is 6.60. The van der Waals surface area contributed by atoms with E-state index in [2.05, 4.69) is 15.4 Å². The number of nitrogens with zero attached hydrogens (tertiary/aromatic N) is 1. The normalized spacial score (nSPS) is 18.5.